The number of aromatic nitrogens is 1. The Kier molecular flexibility index (Phi) is 6.32. The number of nitrogens with one attached hydrogen (secondary N) is 2. The predicted molar refractivity (Wildman–Crippen MR) is 120 cm³/mol. The van der Waals surface area contributed by atoms with Gasteiger partial charge in [0.25, 0.3) is 5.91 Å². The van der Waals surface area contributed by atoms with Crippen LogP contribution in [0.4, 0.5) is 24.5 Å². The maximum atomic E-state index is 14.2. The van der Waals surface area contributed by atoms with Crippen LogP contribution in [-0.4, -0.2) is 28.9 Å². The van der Waals surface area contributed by atoms with E-state index in [1.165, 1.54) is 18.3 Å². The molecule has 8 heteroatoms. The van der Waals surface area contributed by atoms with Gasteiger partial charge >= 0.3 is 0 Å². The van der Waals surface area contributed by atoms with Gasteiger partial charge in [0.05, 0.1) is 16.9 Å². The molecule has 2 aromatic carbocycles. The van der Waals surface area contributed by atoms with Crippen molar-refractivity contribution in [1.82, 2.24) is 9.88 Å². The quantitative estimate of drug-likeness (QED) is 0.457. The van der Waals surface area contributed by atoms with E-state index in [4.69, 9.17) is 12.2 Å². The summed E-state index contributed by atoms with van der Waals surface area (Å²) in [4.78, 5) is 18.0. The van der Waals surface area contributed by atoms with Crippen molar-refractivity contribution in [3.8, 4) is 0 Å². The van der Waals surface area contributed by atoms with Crippen LogP contribution in [0.15, 0.2) is 48.7 Å². The molecule has 1 saturated heterocycles. The Hall–Kier alpha value is -3.13. The smallest absolute Gasteiger partial charge is 0.257 e. The summed E-state index contributed by atoms with van der Waals surface area (Å²) in [5.74, 6) is -1.47. The molecule has 0 spiro atoms. The van der Waals surface area contributed by atoms with E-state index in [-0.39, 0.29) is 23.3 Å². The summed E-state index contributed by atoms with van der Waals surface area (Å²) >= 11 is 5.28. The fourth-order valence-electron chi connectivity index (χ4n) is 4.01. The average molecular weight is 458 g/mol. The van der Waals surface area contributed by atoms with Gasteiger partial charge in [-0.3, -0.25) is 4.79 Å². The lowest BCUT2D eigenvalue weighted by Crippen LogP contribution is -2.38. The molecule has 2 N–H and O–H groups in total. The number of pyridine rings is 1. The van der Waals surface area contributed by atoms with Crippen molar-refractivity contribution in [3.63, 3.8) is 0 Å². The Labute approximate surface area is 189 Å². The highest BCUT2D eigenvalue weighted by molar-refractivity contribution is 7.71. The number of amides is 1. The van der Waals surface area contributed by atoms with E-state index >= 15 is 0 Å². The predicted octanol–water partition coefficient (Wildman–Crippen LogP) is 6.23. The Morgan fingerprint density at radius 1 is 1.06 bits per heavy atom. The first kappa shape index (κ1) is 22.1. The maximum Gasteiger partial charge on any atom is 0.257 e. The van der Waals surface area contributed by atoms with Gasteiger partial charge in [-0.25, -0.2) is 13.2 Å². The van der Waals surface area contributed by atoms with Crippen molar-refractivity contribution in [2.45, 2.75) is 25.7 Å². The number of piperidine rings is 1. The number of anilines is 2. The molecule has 0 bridgehead atoms. The normalized spacial score (nSPS) is 14.4. The molecular formula is C24H22F3N3OS. The van der Waals surface area contributed by atoms with Crippen LogP contribution in [0.2, 0.25) is 0 Å². The molecule has 32 heavy (non-hydrogen) atoms. The van der Waals surface area contributed by atoms with Gasteiger partial charge in [-0.2, -0.15) is 0 Å². The number of hydrogen-bond donors (Lipinski definition) is 2. The minimum atomic E-state index is -0.636. The SMILES string of the molecule is Cc1c(Nc2cc(F)ccc2F)c(C(=O)N2CCC(c3ccc(F)cc3)CC2)c[nH]c1=S. The summed E-state index contributed by atoms with van der Waals surface area (Å²) in [6.07, 6.45) is 3.00. The standard InChI is InChI=1S/C24H22F3N3OS/c1-14-22(29-21-12-18(26)6-7-20(21)27)19(13-28-23(14)32)24(31)30-10-8-16(9-11-30)15-2-4-17(25)5-3-15/h2-7,12-13,16H,8-11H2,1H3,(H2,28,29,32). The summed E-state index contributed by atoms with van der Waals surface area (Å²) in [6, 6.07) is 9.56. The Morgan fingerprint density at radius 3 is 2.41 bits per heavy atom. The fraction of sp³-hybridized carbons (Fsp3) is 0.250. The number of carbonyl (C=O) groups excluding carboxylic acids is 1. The number of halogens is 3. The van der Waals surface area contributed by atoms with Crippen LogP contribution >= 0.6 is 12.2 Å². The molecule has 1 aliphatic rings. The molecule has 1 aliphatic heterocycles. The molecule has 1 amide bonds. The van der Waals surface area contributed by atoms with Gasteiger partial charge in [-0.15, -0.1) is 0 Å². The van der Waals surface area contributed by atoms with Gasteiger partial charge < -0.3 is 15.2 Å². The molecule has 0 atom stereocenters. The molecule has 1 fully saturated rings. The van der Waals surface area contributed by atoms with Gasteiger partial charge in [0.15, 0.2) is 0 Å². The van der Waals surface area contributed by atoms with Crippen LogP contribution in [0.1, 0.15) is 40.2 Å². The van der Waals surface area contributed by atoms with Gasteiger partial charge in [0, 0.05) is 30.9 Å². The average Bonchev–Trinajstić information content (AvgIpc) is 2.79. The molecule has 0 aliphatic carbocycles. The third kappa shape index (κ3) is 4.55. The first-order valence-electron chi connectivity index (χ1n) is 10.3. The van der Waals surface area contributed by atoms with E-state index in [9.17, 15) is 18.0 Å². The molecule has 1 aromatic heterocycles. The van der Waals surface area contributed by atoms with Crippen molar-refractivity contribution < 1.29 is 18.0 Å². The second kappa shape index (κ2) is 9.16. The van der Waals surface area contributed by atoms with Crippen LogP contribution in [-0.2, 0) is 0 Å². The largest absolute Gasteiger partial charge is 0.352 e. The Balaban J connectivity index is 1.56. The number of aromatic amines is 1. The lowest BCUT2D eigenvalue weighted by molar-refractivity contribution is 0.0713. The highest BCUT2D eigenvalue weighted by Gasteiger charge is 2.27. The van der Waals surface area contributed by atoms with Crippen molar-refractivity contribution in [2.24, 2.45) is 0 Å². The molecule has 0 saturated carbocycles. The van der Waals surface area contributed by atoms with Crippen molar-refractivity contribution in [3.05, 3.63) is 87.4 Å². The first-order chi connectivity index (χ1) is 15.3. The molecular weight excluding hydrogens is 435 g/mol. The van der Waals surface area contributed by atoms with Crippen molar-refractivity contribution in [1.29, 1.82) is 0 Å². The van der Waals surface area contributed by atoms with E-state index in [1.54, 1.807) is 24.0 Å². The van der Waals surface area contributed by atoms with Gasteiger partial charge in [-0.1, -0.05) is 24.4 Å². The molecule has 166 valence electrons. The highest BCUT2D eigenvalue weighted by atomic mass is 32.1. The van der Waals surface area contributed by atoms with Crippen LogP contribution in [0, 0.1) is 29.0 Å². The zero-order chi connectivity index (χ0) is 22.8. The third-order valence-electron chi connectivity index (χ3n) is 5.87. The molecule has 0 radical (unpaired) electrons. The zero-order valence-electron chi connectivity index (χ0n) is 17.4. The number of hydrogen-bond acceptors (Lipinski definition) is 3. The fourth-order valence-corrected chi connectivity index (χ4v) is 4.17. The minimum absolute atomic E-state index is 0.0715. The summed E-state index contributed by atoms with van der Waals surface area (Å²) in [6.45, 7) is 2.78. The van der Waals surface area contributed by atoms with E-state index in [2.05, 4.69) is 10.3 Å². The lowest BCUT2D eigenvalue weighted by Gasteiger charge is -2.33. The van der Waals surface area contributed by atoms with E-state index in [0.717, 1.165) is 36.6 Å². The minimum Gasteiger partial charge on any atom is -0.352 e. The summed E-state index contributed by atoms with van der Waals surface area (Å²) in [5, 5.41) is 2.87. The molecule has 4 nitrogen and oxygen atoms in total. The van der Waals surface area contributed by atoms with Crippen LogP contribution in [0.25, 0.3) is 0 Å². The topological polar surface area (TPSA) is 48.1 Å². The number of likely N-dealkylation sites (tertiary alicyclic amines) is 1. The van der Waals surface area contributed by atoms with Crippen LogP contribution in [0.3, 0.4) is 0 Å². The number of rotatable bonds is 4. The first-order valence-corrected chi connectivity index (χ1v) is 10.7. The molecule has 4 rings (SSSR count). The zero-order valence-corrected chi connectivity index (χ0v) is 18.2. The lowest BCUT2D eigenvalue weighted by atomic mass is 9.89. The molecule has 0 unspecified atom stereocenters. The summed E-state index contributed by atoms with van der Waals surface area (Å²) in [7, 11) is 0. The van der Waals surface area contributed by atoms with Crippen molar-refractivity contribution >= 4 is 29.5 Å². The molecule has 2 heterocycles. The van der Waals surface area contributed by atoms with Crippen LogP contribution < -0.4 is 5.32 Å². The Morgan fingerprint density at radius 2 is 1.72 bits per heavy atom. The third-order valence-corrected chi connectivity index (χ3v) is 6.30. The Bertz CT molecular complexity index is 1200. The maximum absolute atomic E-state index is 14.2. The summed E-state index contributed by atoms with van der Waals surface area (Å²) < 4.78 is 41.5. The van der Waals surface area contributed by atoms with E-state index < -0.39 is 11.6 Å². The second-order valence-electron chi connectivity index (χ2n) is 7.90. The highest BCUT2D eigenvalue weighted by Crippen LogP contribution is 2.32. The number of carbonyl (C=O) groups is 1. The van der Waals surface area contributed by atoms with E-state index in [1.807, 2.05) is 0 Å². The summed E-state index contributed by atoms with van der Waals surface area (Å²) in [5.41, 5.74) is 2.21. The number of benzene rings is 2. The number of H-pyrrole nitrogens is 1. The van der Waals surface area contributed by atoms with Gasteiger partial charge in [0.1, 0.15) is 22.1 Å². The van der Waals surface area contributed by atoms with Crippen LogP contribution in [0.5, 0.6) is 0 Å². The van der Waals surface area contributed by atoms with E-state index in [0.29, 0.717) is 34.5 Å². The second-order valence-corrected chi connectivity index (χ2v) is 8.31. The van der Waals surface area contributed by atoms with Gasteiger partial charge in [-0.05, 0) is 55.5 Å². The van der Waals surface area contributed by atoms with Gasteiger partial charge in [0.2, 0.25) is 0 Å². The number of nitrogens with zero attached hydrogens (tertiary/aromatic N) is 1. The van der Waals surface area contributed by atoms with Crippen molar-refractivity contribution in [2.75, 3.05) is 18.4 Å². The monoisotopic (exact) mass is 457 g/mol. The molecule has 3 aromatic rings.